The third-order valence-corrected chi connectivity index (χ3v) is 5.43. The van der Waals surface area contributed by atoms with Crippen molar-refractivity contribution in [2.45, 2.75) is 31.8 Å². The van der Waals surface area contributed by atoms with Gasteiger partial charge in [-0.25, -0.2) is 0 Å². The van der Waals surface area contributed by atoms with Crippen molar-refractivity contribution in [3.8, 4) is 0 Å². The molecule has 0 spiro atoms. The smallest absolute Gasteiger partial charge is 0.241 e. The molecule has 2 amide bonds. The van der Waals surface area contributed by atoms with Crippen LogP contribution in [0.4, 0.5) is 5.69 Å². The topological polar surface area (TPSA) is 61.4 Å². The van der Waals surface area contributed by atoms with Gasteiger partial charge in [0.15, 0.2) is 0 Å². The summed E-state index contributed by atoms with van der Waals surface area (Å²) in [6.45, 7) is 2.84. The monoisotopic (exact) mass is 419 g/mol. The maximum absolute atomic E-state index is 12.7. The number of nitrogens with one attached hydrogen (secondary N) is 2. The van der Waals surface area contributed by atoms with Crippen molar-refractivity contribution in [1.82, 2.24) is 10.2 Å². The first-order valence-electron chi connectivity index (χ1n) is 9.28. The lowest BCUT2D eigenvalue weighted by molar-refractivity contribution is -0.125. The molecule has 2 aromatic rings. The summed E-state index contributed by atoms with van der Waals surface area (Å²) < 4.78 is 0. The minimum Gasteiger partial charge on any atom is -0.348 e. The van der Waals surface area contributed by atoms with E-state index in [0.29, 0.717) is 28.7 Å². The van der Waals surface area contributed by atoms with E-state index in [1.807, 2.05) is 42.2 Å². The highest BCUT2D eigenvalue weighted by atomic mass is 35.5. The Morgan fingerprint density at radius 3 is 2.64 bits per heavy atom. The predicted molar refractivity (Wildman–Crippen MR) is 113 cm³/mol. The van der Waals surface area contributed by atoms with Gasteiger partial charge in [0.05, 0.1) is 29.3 Å². The van der Waals surface area contributed by atoms with Crippen molar-refractivity contribution >= 4 is 40.7 Å². The maximum Gasteiger partial charge on any atom is 0.241 e. The number of hydrogen-bond donors (Lipinski definition) is 2. The number of carbonyl (C=O) groups is 2. The van der Waals surface area contributed by atoms with E-state index in [0.717, 1.165) is 12.0 Å². The largest absolute Gasteiger partial charge is 0.348 e. The molecular formula is C21H23Cl2N3O2. The quantitative estimate of drug-likeness (QED) is 0.734. The van der Waals surface area contributed by atoms with Crippen LogP contribution < -0.4 is 10.6 Å². The molecule has 2 N–H and O–H groups in total. The van der Waals surface area contributed by atoms with Crippen LogP contribution in [0.3, 0.4) is 0 Å². The van der Waals surface area contributed by atoms with Gasteiger partial charge < -0.3 is 10.6 Å². The molecule has 148 valence electrons. The molecule has 7 heteroatoms. The fourth-order valence-electron chi connectivity index (χ4n) is 3.42. The standard InChI is InChI=1S/C21H23Cl2N3O2/c1-14(15-6-3-2-4-7-15)24-20(27)13-26-11-5-8-19(26)21(28)25-18-10-9-16(22)12-17(18)23/h2-4,6-7,9-10,12,14,19H,5,8,11,13H2,1H3,(H,24,27)(H,25,28)/t14-,19-/m0/s1. The number of halogens is 2. The first-order chi connectivity index (χ1) is 13.4. The van der Waals surface area contributed by atoms with E-state index in [-0.39, 0.29) is 30.4 Å². The molecule has 1 heterocycles. The van der Waals surface area contributed by atoms with Gasteiger partial charge in [-0.2, -0.15) is 0 Å². The lowest BCUT2D eigenvalue weighted by atomic mass is 10.1. The van der Waals surface area contributed by atoms with Crippen molar-refractivity contribution < 1.29 is 9.59 Å². The fourth-order valence-corrected chi connectivity index (χ4v) is 3.87. The summed E-state index contributed by atoms with van der Waals surface area (Å²) in [7, 11) is 0. The fraction of sp³-hybridized carbons (Fsp3) is 0.333. The molecule has 0 aromatic heterocycles. The Balaban J connectivity index is 1.57. The van der Waals surface area contributed by atoms with E-state index in [2.05, 4.69) is 10.6 Å². The van der Waals surface area contributed by atoms with Gasteiger partial charge in [-0.05, 0) is 50.1 Å². The molecule has 3 rings (SSSR count). The van der Waals surface area contributed by atoms with Crippen LogP contribution in [0, 0.1) is 0 Å². The third kappa shape index (κ3) is 5.25. The number of amides is 2. The highest BCUT2D eigenvalue weighted by molar-refractivity contribution is 6.36. The van der Waals surface area contributed by atoms with Crippen molar-refractivity contribution in [3.63, 3.8) is 0 Å². The molecular weight excluding hydrogens is 397 g/mol. The molecule has 0 unspecified atom stereocenters. The van der Waals surface area contributed by atoms with E-state index in [1.165, 1.54) is 0 Å². The minimum atomic E-state index is -0.357. The summed E-state index contributed by atoms with van der Waals surface area (Å²) in [5, 5.41) is 6.74. The Morgan fingerprint density at radius 1 is 1.18 bits per heavy atom. The van der Waals surface area contributed by atoms with Crippen molar-refractivity contribution in [2.24, 2.45) is 0 Å². The zero-order chi connectivity index (χ0) is 20.1. The van der Waals surface area contributed by atoms with Crippen LogP contribution >= 0.6 is 23.2 Å². The second-order valence-electron chi connectivity index (χ2n) is 6.94. The molecule has 5 nitrogen and oxygen atoms in total. The Labute approximate surface area is 175 Å². The lowest BCUT2D eigenvalue weighted by Crippen LogP contribution is -2.45. The highest BCUT2D eigenvalue weighted by Crippen LogP contribution is 2.27. The Morgan fingerprint density at radius 2 is 1.93 bits per heavy atom. The normalized spacial score (nSPS) is 17.9. The molecule has 0 saturated carbocycles. The maximum atomic E-state index is 12.7. The summed E-state index contributed by atoms with van der Waals surface area (Å²) in [4.78, 5) is 27.1. The van der Waals surface area contributed by atoms with E-state index < -0.39 is 0 Å². The summed E-state index contributed by atoms with van der Waals surface area (Å²) >= 11 is 12.0. The van der Waals surface area contributed by atoms with Gasteiger partial charge in [0, 0.05) is 5.02 Å². The number of nitrogens with zero attached hydrogens (tertiary/aromatic N) is 1. The van der Waals surface area contributed by atoms with E-state index in [9.17, 15) is 9.59 Å². The highest BCUT2D eigenvalue weighted by Gasteiger charge is 2.32. The molecule has 1 fully saturated rings. The van der Waals surface area contributed by atoms with Crippen LogP contribution in [-0.2, 0) is 9.59 Å². The van der Waals surface area contributed by atoms with Crippen molar-refractivity contribution in [3.05, 3.63) is 64.1 Å². The minimum absolute atomic E-state index is 0.0866. The second-order valence-corrected chi connectivity index (χ2v) is 7.79. The van der Waals surface area contributed by atoms with Crippen molar-refractivity contribution in [1.29, 1.82) is 0 Å². The molecule has 1 aliphatic heterocycles. The van der Waals surface area contributed by atoms with Gasteiger partial charge in [-0.3, -0.25) is 14.5 Å². The van der Waals surface area contributed by atoms with E-state index in [4.69, 9.17) is 23.2 Å². The van der Waals surface area contributed by atoms with Crippen LogP contribution in [-0.4, -0.2) is 35.8 Å². The SMILES string of the molecule is C[C@H](NC(=O)CN1CCC[C@H]1C(=O)Nc1ccc(Cl)cc1Cl)c1ccccc1. The average molecular weight is 420 g/mol. The second kappa shape index (κ2) is 9.41. The molecule has 28 heavy (non-hydrogen) atoms. The Bertz CT molecular complexity index is 845. The van der Waals surface area contributed by atoms with Crippen LogP contribution in [0.25, 0.3) is 0 Å². The number of rotatable bonds is 6. The summed E-state index contributed by atoms with van der Waals surface area (Å²) in [6.07, 6.45) is 1.58. The number of likely N-dealkylation sites (tertiary alicyclic amines) is 1. The van der Waals surface area contributed by atoms with Gasteiger partial charge in [-0.15, -0.1) is 0 Å². The molecule has 0 radical (unpaired) electrons. The number of hydrogen-bond acceptors (Lipinski definition) is 3. The predicted octanol–water partition coefficient (Wildman–Crippen LogP) is 4.27. The number of carbonyl (C=O) groups excluding carboxylic acids is 2. The molecule has 1 aliphatic rings. The van der Waals surface area contributed by atoms with Crippen LogP contribution in [0.15, 0.2) is 48.5 Å². The van der Waals surface area contributed by atoms with Gasteiger partial charge in [0.2, 0.25) is 11.8 Å². The Hall–Kier alpha value is -2.08. The molecule has 0 aliphatic carbocycles. The molecule has 1 saturated heterocycles. The van der Waals surface area contributed by atoms with Gasteiger partial charge in [0.25, 0.3) is 0 Å². The van der Waals surface area contributed by atoms with E-state index >= 15 is 0 Å². The zero-order valence-corrected chi connectivity index (χ0v) is 17.1. The first-order valence-corrected chi connectivity index (χ1v) is 10.0. The molecule has 2 atom stereocenters. The Kier molecular flexibility index (Phi) is 6.94. The van der Waals surface area contributed by atoms with Crippen LogP contribution in [0.2, 0.25) is 10.0 Å². The van der Waals surface area contributed by atoms with Crippen LogP contribution in [0.5, 0.6) is 0 Å². The summed E-state index contributed by atoms with van der Waals surface area (Å²) in [5.74, 6) is -0.258. The van der Waals surface area contributed by atoms with Gasteiger partial charge >= 0.3 is 0 Å². The van der Waals surface area contributed by atoms with E-state index in [1.54, 1.807) is 18.2 Å². The zero-order valence-electron chi connectivity index (χ0n) is 15.6. The average Bonchev–Trinajstić information content (AvgIpc) is 3.12. The summed E-state index contributed by atoms with van der Waals surface area (Å²) in [5.41, 5.74) is 1.56. The summed E-state index contributed by atoms with van der Waals surface area (Å²) in [6, 6.07) is 14.3. The first kappa shape index (κ1) is 20.6. The molecule has 0 bridgehead atoms. The van der Waals surface area contributed by atoms with Gasteiger partial charge in [-0.1, -0.05) is 53.5 Å². The van der Waals surface area contributed by atoms with Crippen molar-refractivity contribution in [2.75, 3.05) is 18.4 Å². The van der Waals surface area contributed by atoms with Crippen LogP contribution in [0.1, 0.15) is 31.4 Å². The number of anilines is 1. The lowest BCUT2D eigenvalue weighted by Gasteiger charge is -2.24. The van der Waals surface area contributed by atoms with Gasteiger partial charge in [0.1, 0.15) is 0 Å². The third-order valence-electron chi connectivity index (χ3n) is 4.88. The number of benzene rings is 2. The molecule has 2 aromatic carbocycles.